The lowest BCUT2D eigenvalue weighted by molar-refractivity contribution is -0.169. The third-order valence-electron chi connectivity index (χ3n) is 11.7. The summed E-state index contributed by atoms with van der Waals surface area (Å²) in [5.74, 6) is 1.88. The predicted molar refractivity (Wildman–Crippen MR) is 143 cm³/mol. The van der Waals surface area contributed by atoms with Crippen molar-refractivity contribution in [2.45, 2.75) is 126 Å². The van der Waals surface area contributed by atoms with Crippen molar-refractivity contribution in [3.8, 4) is 0 Å². The van der Waals surface area contributed by atoms with E-state index in [-0.39, 0.29) is 51.2 Å². The van der Waals surface area contributed by atoms with Gasteiger partial charge in [0.2, 0.25) is 0 Å². The number of ether oxygens (including phenoxy) is 1. The lowest BCUT2D eigenvalue weighted by Gasteiger charge is -2.60. The predicted octanol–water partition coefficient (Wildman–Crippen LogP) is 7.49. The van der Waals surface area contributed by atoms with E-state index in [2.05, 4.69) is 55.4 Å². The molecule has 4 aliphatic carbocycles. The number of carbonyl (C=O) groups is 3. The number of carbonyl (C=O) groups excluding carboxylic acids is 3. The summed E-state index contributed by atoms with van der Waals surface area (Å²) in [4.78, 5) is 40.1. The summed E-state index contributed by atoms with van der Waals surface area (Å²) in [6, 6.07) is 0. The van der Waals surface area contributed by atoms with E-state index in [1.54, 1.807) is 0 Å². The highest BCUT2D eigenvalue weighted by Gasteiger charge is 2.67. The Labute approximate surface area is 219 Å². The molecule has 0 amide bonds. The van der Waals surface area contributed by atoms with E-state index in [0.29, 0.717) is 24.7 Å². The fourth-order valence-corrected chi connectivity index (χ4v) is 9.55. The van der Waals surface area contributed by atoms with Gasteiger partial charge in [0.15, 0.2) is 11.6 Å². The number of ketones is 2. The van der Waals surface area contributed by atoms with Gasteiger partial charge in [-0.25, -0.2) is 0 Å². The van der Waals surface area contributed by atoms with Gasteiger partial charge >= 0.3 is 5.97 Å². The molecule has 0 N–H and O–H groups in total. The summed E-state index contributed by atoms with van der Waals surface area (Å²) in [6.45, 7) is 19.6. The highest BCUT2D eigenvalue weighted by Crippen LogP contribution is 2.71. The number of esters is 1. The van der Waals surface area contributed by atoms with Crippen molar-refractivity contribution in [1.29, 1.82) is 0 Å². The molecule has 36 heavy (non-hydrogen) atoms. The molecule has 0 aromatic carbocycles. The van der Waals surface area contributed by atoms with Gasteiger partial charge in [0, 0.05) is 47.2 Å². The molecule has 0 radical (unpaired) electrons. The van der Waals surface area contributed by atoms with Crippen LogP contribution in [0.1, 0.15) is 120 Å². The van der Waals surface area contributed by atoms with Crippen molar-refractivity contribution < 1.29 is 19.1 Å². The van der Waals surface area contributed by atoms with Crippen LogP contribution in [0.25, 0.3) is 0 Å². The molecule has 202 valence electrons. The molecule has 0 aliphatic heterocycles. The number of rotatable bonds is 6. The van der Waals surface area contributed by atoms with Gasteiger partial charge in [0.05, 0.1) is 0 Å². The molecule has 2 fully saturated rings. The van der Waals surface area contributed by atoms with Gasteiger partial charge in [0.25, 0.3) is 0 Å². The van der Waals surface area contributed by atoms with Crippen LogP contribution in [-0.4, -0.2) is 23.6 Å². The van der Waals surface area contributed by atoms with Crippen LogP contribution in [0.2, 0.25) is 0 Å². The Morgan fingerprint density at radius 3 is 2.22 bits per heavy atom. The van der Waals surface area contributed by atoms with Crippen LogP contribution in [0.4, 0.5) is 0 Å². The molecule has 0 aromatic heterocycles. The molecule has 2 saturated carbocycles. The van der Waals surface area contributed by atoms with Gasteiger partial charge in [-0.1, -0.05) is 74.7 Å². The molecule has 4 nitrogen and oxygen atoms in total. The van der Waals surface area contributed by atoms with Crippen molar-refractivity contribution in [2.75, 3.05) is 0 Å². The summed E-state index contributed by atoms with van der Waals surface area (Å²) in [5, 5.41) is 0. The molecule has 0 spiro atoms. The molecule has 0 heterocycles. The molecule has 7 atom stereocenters. The largest absolute Gasteiger partial charge is 0.462 e. The van der Waals surface area contributed by atoms with E-state index in [0.717, 1.165) is 42.7 Å². The van der Waals surface area contributed by atoms with E-state index in [1.807, 2.05) is 0 Å². The monoisotopic (exact) mass is 498 g/mol. The normalized spacial score (nSPS) is 40.6. The van der Waals surface area contributed by atoms with Gasteiger partial charge in [-0.3, -0.25) is 14.4 Å². The van der Waals surface area contributed by atoms with Gasteiger partial charge < -0.3 is 4.74 Å². The highest BCUT2D eigenvalue weighted by molar-refractivity contribution is 6.11. The second-order valence-electron chi connectivity index (χ2n) is 14.6. The molecule has 0 aromatic rings. The average Bonchev–Trinajstić information content (AvgIpc) is 3.02. The Balaban J connectivity index is 1.72. The molecular formula is C32H50O4. The second kappa shape index (κ2) is 9.09. The number of allylic oxidation sites excluding steroid dienone is 2. The SMILES string of the molecule is CC(=O)O[C@@H]1CC[C@]2(C)C3=C(C(=O)C[C@@H]2C1(C)C)[C@]1(C)CC[C@H]([C@@H](C)CCCC(C)C)[C@@]1(C)CC3=O. The fraction of sp³-hybridized carbons (Fsp3) is 0.844. The van der Waals surface area contributed by atoms with Crippen molar-refractivity contribution in [3.63, 3.8) is 0 Å². The summed E-state index contributed by atoms with van der Waals surface area (Å²) in [7, 11) is 0. The standard InChI is InChI=1S/C32H50O4/c1-19(2)11-10-12-20(3)22-13-16-31(8)28-23(34)17-25-29(5,6)26(36-21(4)33)14-15-30(25,7)27(28)24(35)18-32(22,31)9/h19-20,22,25-26H,10-18H2,1-9H3/t20-,22+,25+,26+,30-,31-,32+/m0/s1. The third-order valence-corrected chi connectivity index (χ3v) is 11.7. The lowest BCUT2D eigenvalue weighted by atomic mass is 9.42. The highest BCUT2D eigenvalue weighted by atomic mass is 16.5. The molecule has 4 aliphatic rings. The topological polar surface area (TPSA) is 60.4 Å². The molecule has 0 saturated heterocycles. The van der Waals surface area contributed by atoms with Crippen molar-refractivity contribution in [1.82, 2.24) is 0 Å². The minimum Gasteiger partial charge on any atom is -0.462 e. The Hall–Kier alpha value is -1.45. The molecule has 0 unspecified atom stereocenters. The maximum absolute atomic E-state index is 14.2. The summed E-state index contributed by atoms with van der Waals surface area (Å²) in [5.41, 5.74) is 0.632. The van der Waals surface area contributed by atoms with E-state index < -0.39 is 0 Å². The first-order chi connectivity index (χ1) is 16.6. The third kappa shape index (κ3) is 3.95. The summed E-state index contributed by atoms with van der Waals surface area (Å²) >= 11 is 0. The maximum Gasteiger partial charge on any atom is 0.302 e. The first-order valence-corrected chi connectivity index (χ1v) is 14.6. The second-order valence-corrected chi connectivity index (χ2v) is 14.6. The van der Waals surface area contributed by atoms with E-state index in [1.165, 1.54) is 26.2 Å². The Morgan fingerprint density at radius 2 is 1.61 bits per heavy atom. The van der Waals surface area contributed by atoms with E-state index >= 15 is 0 Å². The minimum atomic E-state index is -0.363. The number of hydrogen-bond donors (Lipinski definition) is 0. The van der Waals surface area contributed by atoms with Crippen LogP contribution in [0.3, 0.4) is 0 Å². The Bertz CT molecular complexity index is 973. The van der Waals surface area contributed by atoms with Gasteiger partial charge in [0.1, 0.15) is 6.10 Å². The van der Waals surface area contributed by atoms with Crippen molar-refractivity contribution in [2.24, 2.45) is 45.3 Å². The Morgan fingerprint density at radius 1 is 0.944 bits per heavy atom. The van der Waals surface area contributed by atoms with Gasteiger partial charge in [-0.05, 0) is 54.8 Å². The zero-order valence-corrected chi connectivity index (χ0v) is 24.4. The summed E-state index contributed by atoms with van der Waals surface area (Å²) < 4.78 is 5.74. The maximum atomic E-state index is 14.2. The van der Waals surface area contributed by atoms with Crippen LogP contribution in [0, 0.1) is 45.3 Å². The van der Waals surface area contributed by atoms with Crippen LogP contribution in [-0.2, 0) is 19.1 Å². The number of hydrogen-bond acceptors (Lipinski definition) is 4. The first-order valence-electron chi connectivity index (χ1n) is 14.6. The molecule has 0 bridgehead atoms. The van der Waals surface area contributed by atoms with Crippen molar-refractivity contribution in [3.05, 3.63) is 11.1 Å². The minimum absolute atomic E-state index is 0.00147. The Kier molecular flexibility index (Phi) is 6.96. The smallest absolute Gasteiger partial charge is 0.302 e. The molecular weight excluding hydrogens is 448 g/mol. The molecule has 4 rings (SSSR count). The van der Waals surface area contributed by atoms with Crippen LogP contribution in [0.5, 0.6) is 0 Å². The zero-order valence-electron chi connectivity index (χ0n) is 24.4. The van der Waals surface area contributed by atoms with Crippen LogP contribution < -0.4 is 0 Å². The lowest BCUT2D eigenvalue weighted by Crippen LogP contribution is -2.59. The van der Waals surface area contributed by atoms with E-state index in [4.69, 9.17) is 4.74 Å². The van der Waals surface area contributed by atoms with Gasteiger partial charge in [-0.2, -0.15) is 0 Å². The zero-order chi connectivity index (χ0) is 26.8. The van der Waals surface area contributed by atoms with Crippen LogP contribution >= 0.6 is 0 Å². The number of fused-ring (bicyclic) bond motifs is 4. The summed E-state index contributed by atoms with van der Waals surface area (Å²) in [6.07, 6.45) is 8.12. The van der Waals surface area contributed by atoms with Crippen molar-refractivity contribution >= 4 is 17.5 Å². The van der Waals surface area contributed by atoms with E-state index in [9.17, 15) is 14.4 Å². The average molecular weight is 499 g/mol. The first kappa shape index (κ1) is 27.6. The quantitative estimate of drug-likeness (QED) is 0.356. The molecule has 4 heteroatoms. The van der Waals surface area contributed by atoms with Crippen LogP contribution in [0.15, 0.2) is 11.1 Å². The van der Waals surface area contributed by atoms with Gasteiger partial charge in [-0.15, -0.1) is 0 Å². The number of Topliss-reactive ketones (excluding diaryl/α,β-unsaturated/α-hetero) is 2. The fourth-order valence-electron chi connectivity index (χ4n) is 9.55.